The lowest BCUT2D eigenvalue weighted by Gasteiger charge is -1.91. The summed E-state index contributed by atoms with van der Waals surface area (Å²) >= 11 is 3.28. The summed E-state index contributed by atoms with van der Waals surface area (Å²) in [7, 11) is -1.55. The second kappa shape index (κ2) is 3.84. The summed E-state index contributed by atoms with van der Waals surface area (Å²) in [5.74, 6) is 0.636. The molecule has 4 heteroatoms. The van der Waals surface area contributed by atoms with Crippen molar-refractivity contribution in [2.45, 2.75) is 0 Å². The molecule has 0 bridgehead atoms. The Morgan fingerprint density at radius 3 is 2.36 bits per heavy atom. The van der Waals surface area contributed by atoms with Crippen LogP contribution in [0.25, 0.3) is 0 Å². The molecule has 0 saturated heterocycles. The van der Waals surface area contributed by atoms with Gasteiger partial charge >= 0.3 is 8.03 Å². The molecule has 0 amide bonds. The Kier molecular flexibility index (Phi) is 3.03. The summed E-state index contributed by atoms with van der Waals surface area (Å²) in [5, 5.41) is 0. The third-order valence-electron chi connectivity index (χ3n) is 1.05. The first kappa shape index (κ1) is 8.69. The summed E-state index contributed by atoms with van der Waals surface area (Å²) in [4.78, 5) is 0. The highest BCUT2D eigenvalue weighted by molar-refractivity contribution is 9.10. The number of benzene rings is 1. The van der Waals surface area contributed by atoms with Gasteiger partial charge in [-0.3, -0.25) is 4.52 Å². The van der Waals surface area contributed by atoms with E-state index in [1.165, 1.54) is 6.66 Å². The fourth-order valence-corrected chi connectivity index (χ4v) is 1.33. The summed E-state index contributed by atoms with van der Waals surface area (Å²) < 4.78 is 16.6. The van der Waals surface area contributed by atoms with Crippen molar-refractivity contribution in [3.8, 4) is 5.75 Å². The van der Waals surface area contributed by atoms with Gasteiger partial charge in [-0.05, 0) is 28.8 Å². The van der Waals surface area contributed by atoms with E-state index in [4.69, 9.17) is 4.52 Å². The van der Waals surface area contributed by atoms with E-state index in [0.717, 1.165) is 4.47 Å². The molecule has 0 aliphatic heterocycles. The van der Waals surface area contributed by atoms with Gasteiger partial charge < -0.3 is 0 Å². The highest BCUT2D eigenvalue weighted by Crippen LogP contribution is 2.24. The zero-order valence-electron chi connectivity index (χ0n) is 5.95. The van der Waals surface area contributed by atoms with Gasteiger partial charge in [0.25, 0.3) is 0 Å². The molecule has 1 atom stereocenters. The summed E-state index contributed by atoms with van der Waals surface area (Å²) in [5.41, 5.74) is 0. The normalized spacial score (nSPS) is 10.9. The van der Waals surface area contributed by atoms with Gasteiger partial charge in [0.05, 0.1) is 0 Å². The van der Waals surface area contributed by atoms with Crippen LogP contribution in [-0.4, -0.2) is 6.66 Å². The predicted octanol–water partition coefficient (Wildman–Crippen LogP) is 3.20. The van der Waals surface area contributed by atoms with E-state index in [0.29, 0.717) is 5.75 Å². The predicted molar refractivity (Wildman–Crippen MR) is 48.3 cm³/mol. The fraction of sp³-hybridized carbons (Fsp3) is 0.143. The molecule has 0 N–H and O–H groups in total. The van der Waals surface area contributed by atoms with E-state index in [1.807, 2.05) is 12.1 Å². The topological polar surface area (TPSA) is 26.3 Å². The lowest BCUT2D eigenvalue weighted by Crippen LogP contribution is -1.77. The maximum Gasteiger partial charge on any atom is 0.552 e. The molecule has 0 fully saturated rings. The maximum atomic E-state index is 10.6. The Morgan fingerprint density at radius 1 is 1.36 bits per heavy atom. The molecular weight excluding hydrogens is 227 g/mol. The molecule has 0 radical (unpaired) electrons. The van der Waals surface area contributed by atoms with Crippen LogP contribution < -0.4 is 4.52 Å². The van der Waals surface area contributed by atoms with E-state index in [-0.39, 0.29) is 0 Å². The van der Waals surface area contributed by atoms with Crippen LogP contribution in [0.15, 0.2) is 28.7 Å². The Morgan fingerprint density at radius 2 is 1.91 bits per heavy atom. The van der Waals surface area contributed by atoms with E-state index in [9.17, 15) is 4.57 Å². The van der Waals surface area contributed by atoms with Gasteiger partial charge in [0.15, 0.2) is 12.4 Å². The first-order chi connectivity index (χ1) is 5.18. The molecule has 0 heterocycles. The first-order valence-electron chi connectivity index (χ1n) is 3.03. The minimum Gasteiger partial charge on any atom is -0.255 e. The standard InChI is InChI=1S/C7H7BrO2P/c1-11(9)10-7-4-2-6(8)3-5-7/h2-5H,1H3/q+1. The van der Waals surface area contributed by atoms with E-state index in [1.54, 1.807) is 12.1 Å². The van der Waals surface area contributed by atoms with Crippen molar-refractivity contribution in [3.63, 3.8) is 0 Å². The number of hydrogen-bond acceptors (Lipinski definition) is 2. The molecule has 11 heavy (non-hydrogen) atoms. The average Bonchev–Trinajstić information content (AvgIpc) is 1.93. The number of rotatable bonds is 2. The molecule has 2 nitrogen and oxygen atoms in total. The molecule has 1 aromatic rings. The maximum absolute atomic E-state index is 10.6. The van der Waals surface area contributed by atoms with Crippen molar-refractivity contribution in [1.29, 1.82) is 0 Å². The highest BCUT2D eigenvalue weighted by atomic mass is 79.9. The van der Waals surface area contributed by atoms with Gasteiger partial charge in [-0.25, -0.2) is 0 Å². The fourth-order valence-electron chi connectivity index (χ4n) is 0.644. The monoisotopic (exact) mass is 233 g/mol. The molecule has 1 aromatic carbocycles. The number of hydrogen-bond donors (Lipinski definition) is 0. The Hall–Kier alpha value is -0.400. The third-order valence-corrected chi connectivity index (χ3v) is 2.04. The van der Waals surface area contributed by atoms with Crippen molar-refractivity contribution >= 4 is 24.0 Å². The third kappa shape index (κ3) is 3.00. The lowest BCUT2D eigenvalue weighted by atomic mass is 10.3. The minimum absolute atomic E-state index is 0.636. The zero-order valence-corrected chi connectivity index (χ0v) is 8.43. The van der Waals surface area contributed by atoms with Crippen LogP contribution in [0.2, 0.25) is 0 Å². The van der Waals surface area contributed by atoms with Crippen molar-refractivity contribution in [2.24, 2.45) is 0 Å². The minimum atomic E-state index is -1.55. The van der Waals surface area contributed by atoms with Crippen molar-refractivity contribution < 1.29 is 9.09 Å². The van der Waals surface area contributed by atoms with Crippen LogP contribution in [0.5, 0.6) is 5.75 Å². The molecule has 1 rings (SSSR count). The van der Waals surface area contributed by atoms with Gasteiger partial charge in [-0.1, -0.05) is 15.9 Å². The van der Waals surface area contributed by atoms with E-state index >= 15 is 0 Å². The molecule has 58 valence electrons. The van der Waals surface area contributed by atoms with Crippen LogP contribution in [0.3, 0.4) is 0 Å². The largest absolute Gasteiger partial charge is 0.552 e. The van der Waals surface area contributed by atoms with Gasteiger partial charge in [-0.15, -0.1) is 0 Å². The quantitative estimate of drug-likeness (QED) is 0.734. The van der Waals surface area contributed by atoms with Crippen molar-refractivity contribution in [2.75, 3.05) is 6.66 Å². The Labute approximate surface area is 74.6 Å². The van der Waals surface area contributed by atoms with Crippen LogP contribution in [0, 0.1) is 0 Å². The van der Waals surface area contributed by atoms with E-state index in [2.05, 4.69) is 15.9 Å². The van der Waals surface area contributed by atoms with Crippen LogP contribution in [0.4, 0.5) is 0 Å². The summed E-state index contributed by atoms with van der Waals surface area (Å²) in [6.07, 6.45) is 0. The Bertz CT molecular complexity index is 258. The molecule has 0 aliphatic rings. The van der Waals surface area contributed by atoms with Gasteiger partial charge in [-0.2, -0.15) is 0 Å². The molecule has 1 unspecified atom stereocenters. The first-order valence-corrected chi connectivity index (χ1v) is 5.44. The van der Waals surface area contributed by atoms with Gasteiger partial charge in [0.2, 0.25) is 0 Å². The summed E-state index contributed by atoms with van der Waals surface area (Å²) in [6, 6.07) is 7.21. The zero-order chi connectivity index (χ0) is 8.27. The average molecular weight is 234 g/mol. The van der Waals surface area contributed by atoms with Crippen molar-refractivity contribution in [3.05, 3.63) is 28.7 Å². The second-order valence-corrected chi connectivity index (χ2v) is 3.96. The van der Waals surface area contributed by atoms with E-state index < -0.39 is 8.03 Å². The molecule has 0 spiro atoms. The van der Waals surface area contributed by atoms with Crippen LogP contribution in [0.1, 0.15) is 0 Å². The summed E-state index contributed by atoms with van der Waals surface area (Å²) in [6.45, 7) is 1.53. The van der Waals surface area contributed by atoms with Crippen LogP contribution >= 0.6 is 24.0 Å². The Balaban J connectivity index is 2.74. The van der Waals surface area contributed by atoms with Gasteiger partial charge in [0.1, 0.15) is 0 Å². The van der Waals surface area contributed by atoms with Crippen molar-refractivity contribution in [1.82, 2.24) is 0 Å². The number of halogens is 1. The molecule has 0 aliphatic carbocycles. The smallest absolute Gasteiger partial charge is 0.255 e. The second-order valence-electron chi connectivity index (χ2n) is 1.98. The molecule has 0 saturated carbocycles. The van der Waals surface area contributed by atoms with Crippen LogP contribution in [-0.2, 0) is 4.57 Å². The molecule has 0 aromatic heterocycles. The lowest BCUT2D eigenvalue weighted by molar-refractivity contribution is 0.510. The highest BCUT2D eigenvalue weighted by Gasteiger charge is 2.07. The SMILES string of the molecule is C[P+](=O)Oc1ccc(Br)cc1. The van der Waals surface area contributed by atoms with Gasteiger partial charge in [0, 0.05) is 4.47 Å². The molecular formula is C7H7BrO2P+.